The van der Waals surface area contributed by atoms with Gasteiger partial charge in [0.2, 0.25) is 0 Å². The Kier molecular flexibility index (Phi) is 5.46. The van der Waals surface area contributed by atoms with Crippen LogP contribution in [0.2, 0.25) is 0 Å². The molecule has 3 heteroatoms. The Bertz CT molecular complexity index is 235. The lowest BCUT2D eigenvalue weighted by atomic mass is 9.74. The fourth-order valence-electron chi connectivity index (χ4n) is 3.39. The summed E-state index contributed by atoms with van der Waals surface area (Å²) in [6.07, 6.45) is 9.60. The zero-order valence-corrected chi connectivity index (χ0v) is 11.8. The molecule has 0 radical (unpaired) electrons. The predicted octanol–water partition coefficient (Wildman–Crippen LogP) is 2.48. The Labute approximate surface area is 111 Å². The van der Waals surface area contributed by atoms with Crippen molar-refractivity contribution in [2.75, 3.05) is 19.8 Å². The lowest BCUT2D eigenvalue weighted by molar-refractivity contribution is -0.135. The number of aliphatic hydroxyl groups excluding tert-OH is 1. The Morgan fingerprint density at radius 3 is 2.83 bits per heavy atom. The minimum atomic E-state index is 0.243. The molecule has 2 fully saturated rings. The fraction of sp³-hybridized carbons (Fsp3) is 1.00. The molecule has 3 nitrogen and oxygen atoms in total. The standard InChI is InChI=1S/C15H29NO2/c1-2-4-13(5-9-17)12-16-14-6-10-18-15(11-14)7-3-8-15/h13-14,16-17H,2-12H2,1H3. The van der Waals surface area contributed by atoms with Crippen LogP contribution in [0.3, 0.4) is 0 Å². The van der Waals surface area contributed by atoms with Crippen molar-refractivity contribution in [2.24, 2.45) is 5.92 Å². The molecule has 2 unspecified atom stereocenters. The van der Waals surface area contributed by atoms with Crippen LogP contribution in [0.4, 0.5) is 0 Å². The van der Waals surface area contributed by atoms with E-state index in [1.807, 2.05) is 0 Å². The first kappa shape index (κ1) is 14.3. The minimum absolute atomic E-state index is 0.243. The van der Waals surface area contributed by atoms with E-state index in [1.165, 1.54) is 38.5 Å². The van der Waals surface area contributed by atoms with E-state index in [9.17, 15) is 0 Å². The zero-order chi connectivity index (χ0) is 12.8. The van der Waals surface area contributed by atoms with Gasteiger partial charge in [0.15, 0.2) is 0 Å². The van der Waals surface area contributed by atoms with Gasteiger partial charge < -0.3 is 15.2 Å². The Morgan fingerprint density at radius 1 is 1.39 bits per heavy atom. The van der Waals surface area contributed by atoms with E-state index in [-0.39, 0.29) is 5.60 Å². The molecule has 1 saturated carbocycles. The molecule has 0 aromatic carbocycles. The number of hydrogen-bond acceptors (Lipinski definition) is 3. The van der Waals surface area contributed by atoms with E-state index in [1.54, 1.807) is 0 Å². The maximum absolute atomic E-state index is 9.08. The van der Waals surface area contributed by atoms with E-state index >= 15 is 0 Å². The third-order valence-electron chi connectivity index (χ3n) is 4.69. The summed E-state index contributed by atoms with van der Waals surface area (Å²) in [5.74, 6) is 0.639. The molecule has 2 aliphatic rings. The zero-order valence-electron chi connectivity index (χ0n) is 11.8. The quantitative estimate of drug-likeness (QED) is 0.734. The van der Waals surface area contributed by atoms with Crippen LogP contribution < -0.4 is 5.32 Å². The first-order chi connectivity index (χ1) is 8.78. The van der Waals surface area contributed by atoms with Crippen LogP contribution in [0.1, 0.15) is 58.3 Å². The molecule has 2 atom stereocenters. The van der Waals surface area contributed by atoms with E-state index in [2.05, 4.69) is 12.2 Å². The van der Waals surface area contributed by atoms with Gasteiger partial charge in [0.05, 0.1) is 5.60 Å². The largest absolute Gasteiger partial charge is 0.396 e. The van der Waals surface area contributed by atoms with Crippen molar-refractivity contribution in [2.45, 2.75) is 69.9 Å². The lowest BCUT2D eigenvalue weighted by Crippen LogP contribution is -2.51. The molecule has 1 aliphatic heterocycles. The molecule has 2 N–H and O–H groups in total. The molecule has 1 aliphatic carbocycles. The van der Waals surface area contributed by atoms with Crippen LogP contribution in [0.5, 0.6) is 0 Å². The molecule has 2 rings (SSSR count). The minimum Gasteiger partial charge on any atom is -0.396 e. The number of rotatable bonds is 7. The molecule has 106 valence electrons. The first-order valence-electron chi connectivity index (χ1n) is 7.76. The highest BCUT2D eigenvalue weighted by atomic mass is 16.5. The molecule has 0 aromatic heterocycles. The summed E-state index contributed by atoms with van der Waals surface area (Å²) < 4.78 is 5.95. The van der Waals surface area contributed by atoms with Crippen LogP contribution in [0, 0.1) is 5.92 Å². The number of hydrogen-bond donors (Lipinski definition) is 2. The molecule has 0 aromatic rings. The van der Waals surface area contributed by atoms with Crippen LogP contribution in [0.15, 0.2) is 0 Å². The van der Waals surface area contributed by atoms with E-state index in [0.29, 0.717) is 18.6 Å². The second-order valence-corrected chi connectivity index (χ2v) is 6.15. The molecular formula is C15H29NO2. The molecule has 18 heavy (non-hydrogen) atoms. The maximum atomic E-state index is 9.08. The van der Waals surface area contributed by atoms with E-state index in [0.717, 1.165) is 26.0 Å². The van der Waals surface area contributed by atoms with Gasteiger partial charge >= 0.3 is 0 Å². The van der Waals surface area contributed by atoms with Crippen LogP contribution in [-0.2, 0) is 4.74 Å². The van der Waals surface area contributed by atoms with Gasteiger partial charge in [-0.25, -0.2) is 0 Å². The Morgan fingerprint density at radius 2 is 2.22 bits per heavy atom. The van der Waals surface area contributed by atoms with Crippen molar-refractivity contribution in [1.82, 2.24) is 5.32 Å². The topological polar surface area (TPSA) is 41.5 Å². The highest BCUT2D eigenvalue weighted by Gasteiger charge is 2.42. The van der Waals surface area contributed by atoms with Crippen molar-refractivity contribution >= 4 is 0 Å². The second-order valence-electron chi connectivity index (χ2n) is 6.15. The van der Waals surface area contributed by atoms with Crippen molar-refractivity contribution in [3.05, 3.63) is 0 Å². The third-order valence-corrected chi connectivity index (χ3v) is 4.69. The first-order valence-corrected chi connectivity index (χ1v) is 7.76. The molecule has 0 amide bonds. The summed E-state index contributed by atoms with van der Waals surface area (Å²) in [7, 11) is 0. The maximum Gasteiger partial charge on any atom is 0.0697 e. The van der Waals surface area contributed by atoms with Crippen molar-refractivity contribution in [1.29, 1.82) is 0 Å². The van der Waals surface area contributed by atoms with Gasteiger partial charge in [0, 0.05) is 19.3 Å². The molecule has 0 bridgehead atoms. The van der Waals surface area contributed by atoms with Gasteiger partial charge in [0.25, 0.3) is 0 Å². The summed E-state index contributed by atoms with van der Waals surface area (Å²) in [4.78, 5) is 0. The van der Waals surface area contributed by atoms with Gasteiger partial charge in [-0.2, -0.15) is 0 Å². The Hall–Kier alpha value is -0.120. The average Bonchev–Trinajstić information content (AvgIpc) is 2.35. The highest BCUT2D eigenvalue weighted by Crippen LogP contribution is 2.42. The van der Waals surface area contributed by atoms with Gasteiger partial charge in [0.1, 0.15) is 0 Å². The highest BCUT2D eigenvalue weighted by molar-refractivity contribution is 4.96. The SMILES string of the molecule is CCCC(CCO)CNC1CCOC2(CCC2)C1. The number of nitrogens with one attached hydrogen (secondary N) is 1. The van der Waals surface area contributed by atoms with Crippen molar-refractivity contribution < 1.29 is 9.84 Å². The molecular weight excluding hydrogens is 226 g/mol. The summed E-state index contributed by atoms with van der Waals surface area (Å²) in [6.45, 7) is 4.54. The number of ether oxygens (including phenoxy) is 1. The summed E-state index contributed by atoms with van der Waals surface area (Å²) in [5, 5.41) is 12.8. The fourth-order valence-corrected chi connectivity index (χ4v) is 3.39. The van der Waals surface area contributed by atoms with E-state index < -0.39 is 0 Å². The lowest BCUT2D eigenvalue weighted by Gasteiger charge is -2.47. The van der Waals surface area contributed by atoms with Gasteiger partial charge in [-0.1, -0.05) is 13.3 Å². The summed E-state index contributed by atoms with van der Waals surface area (Å²) >= 11 is 0. The molecule has 1 spiro atoms. The van der Waals surface area contributed by atoms with Crippen molar-refractivity contribution in [3.63, 3.8) is 0 Å². The monoisotopic (exact) mass is 255 g/mol. The predicted molar refractivity (Wildman–Crippen MR) is 73.7 cm³/mol. The Balaban J connectivity index is 1.71. The van der Waals surface area contributed by atoms with Gasteiger partial charge in [-0.15, -0.1) is 0 Å². The normalized spacial score (nSPS) is 28.0. The van der Waals surface area contributed by atoms with Crippen LogP contribution >= 0.6 is 0 Å². The van der Waals surface area contributed by atoms with Gasteiger partial charge in [-0.05, 0) is 57.4 Å². The smallest absolute Gasteiger partial charge is 0.0697 e. The third kappa shape index (κ3) is 3.69. The van der Waals surface area contributed by atoms with Crippen LogP contribution in [-0.4, -0.2) is 36.5 Å². The van der Waals surface area contributed by atoms with Gasteiger partial charge in [-0.3, -0.25) is 0 Å². The molecule has 1 saturated heterocycles. The second kappa shape index (κ2) is 6.88. The number of aliphatic hydroxyl groups is 1. The van der Waals surface area contributed by atoms with E-state index in [4.69, 9.17) is 9.84 Å². The van der Waals surface area contributed by atoms with Crippen molar-refractivity contribution in [3.8, 4) is 0 Å². The summed E-state index contributed by atoms with van der Waals surface area (Å²) in [5.41, 5.74) is 0.243. The van der Waals surface area contributed by atoms with Crippen LogP contribution in [0.25, 0.3) is 0 Å². The molecule has 1 heterocycles. The summed E-state index contributed by atoms with van der Waals surface area (Å²) in [6, 6.07) is 0.636. The average molecular weight is 255 g/mol.